The van der Waals surface area contributed by atoms with Crippen LogP contribution in [0.5, 0.6) is 11.5 Å². The van der Waals surface area contributed by atoms with E-state index in [4.69, 9.17) is 18.9 Å². The fourth-order valence-corrected chi connectivity index (χ4v) is 2.34. The summed E-state index contributed by atoms with van der Waals surface area (Å²) in [6, 6.07) is 11.2. The first kappa shape index (κ1) is 21.0. The highest BCUT2D eigenvalue weighted by molar-refractivity contribution is 5.96. The number of benzene rings is 2. The van der Waals surface area contributed by atoms with E-state index in [1.54, 1.807) is 26.0 Å². The molecule has 7 nitrogen and oxygen atoms in total. The minimum absolute atomic E-state index is 0.0204. The minimum atomic E-state index is -0.681. The molecule has 0 aliphatic heterocycles. The predicted octanol–water partition coefficient (Wildman–Crippen LogP) is 3.33. The summed E-state index contributed by atoms with van der Waals surface area (Å²) < 4.78 is 20.6. The van der Waals surface area contributed by atoms with Crippen molar-refractivity contribution in [3.8, 4) is 11.5 Å². The van der Waals surface area contributed by atoms with Crippen LogP contribution in [0.2, 0.25) is 0 Å². The first-order chi connectivity index (χ1) is 13.4. The first-order valence-electron chi connectivity index (χ1n) is 8.83. The molecule has 0 aromatic heterocycles. The highest BCUT2D eigenvalue weighted by Gasteiger charge is 2.17. The quantitative estimate of drug-likeness (QED) is 0.508. The van der Waals surface area contributed by atoms with E-state index in [2.05, 4.69) is 0 Å². The van der Waals surface area contributed by atoms with Gasteiger partial charge in [-0.1, -0.05) is 18.2 Å². The molecule has 2 aromatic carbocycles. The van der Waals surface area contributed by atoms with Gasteiger partial charge in [-0.05, 0) is 50.6 Å². The number of ether oxygens (including phenoxy) is 4. The van der Waals surface area contributed by atoms with Gasteiger partial charge in [0.1, 0.15) is 11.5 Å². The molecule has 0 aliphatic carbocycles. The normalized spacial score (nSPS) is 10.1. The molecule has 28 heavy (non-hydrogen) atoms. The molecule has 7 heteroatoms. The standard InChI is InChI=1S/C21H22O7/c1-4-25-20(23)15-10-16(21(24)26-5-2)12-17(11-15)28-19(22)13-27-18-9-7-6-8-14(18)3/h6-12H,4-5,13H2,1-3H3. The van der Waals surface area contributed by atoms with Crippen LogP contribution in [-0.4, -0.2) is 37.7 Å². The lowest BCUT2D eigenvalue weighted by Crippen LogP contribution is -2.19. The number of para-hydroxylation sites is 1. The van der Waals surface area contributed by atoms with E-state index >= 15 is 0 Å². The fraction of sp³-hybridized carbons (Fsp3) is 0.286. The van der Waals surface area contributed by atoms with Gasteiger partial charge in [0.15, 0.2) is 6.61 Å². The van der Waals surface area contributed by atoms with Gasteiger partial charge in [-0.25, -0.2) is 14.4 Å². The summed E-state index contributed by atoms with van der Waals surface area (Å²) in [4.78, 5) is 36.2. The number of hydrogen-bond acceptors (Lipinski definition) is 7. The molecule has 0 fully saturated rings. The van der Waals surface area contributed by atoms with Gasteiger partial charge in [-0.2, -0.15) is 0 Å². The SMILES string of the molecule is CCOC(=O)c1cc(OC(=O)COc2ccccc2C)cc(C(=O)OCC)c1. The summed E-state index contributed by atoms with van der Waals surface area (Å²) >= 11 is 0. The summed E-state index contributed by atoms with van der Waals surface area (Å²) in [5, 5.41) is 0. The zero-order valence-corrected chi connectivity index (χ0v) is 16.0. The molecule has 0 atom stereocenters. The average molecular weight is 386 g/mol. The number of aryl methyl sites for hydroxylation is 1. The Balaban J connectivity index is 2.15. The Morgan fingerprint density at radius 3 is 1.96 bits per heavy atom. The van der Waals surface area contributed by atoms with Gasteiger partial charge in [0, 0.05) is 0 Å². The van der Waals surface area contributed by atoms with Crippen LogP contribution in [0.4, 0.5) is 0 Å². The van der Waals surface area contributed by atoms with Crippen LogP contribution in [0.15, 0.2) is 42.5 Å². The van der Waals surface area contributed by atoms with Crippen molar-refractivity contribution in [1.82, 2.24) is 0 Å². The second-order valence-electron chi connectivity index (χ2n) is 5.72. The lowest BCUT2D eigenvalue weighted by atomic mass is 10.1. The van der Waals surface area contributed by atoms with Crippen molar-refractivity contribution in [1.29, 1.82) is 0 Å². The Hall–Kier alpha value is -3.35. The van der Waals surface area contributed by atoms with Crippen molar-refractivity contribution in [2.24, 2.45) is 0 Å². The number of carbonyl (C=O) groups excluding carboxylic acids is 3. The summed E-state index contributed by atoms with van der Waals surface area (Å²) in [6.45, 7) is 5.19. The number of rotatable bonds is 8. The first-order valence-corrected chi connectivity index (χ1v) is 8.83. The molecule has 0 heterocycles. The van der Waals surface area contributed by atoms with Crippen LogP contribution < -0.4 is 9.47 Å². The Bertz CT molecular complexity index is 821. The van der Waals surface area contributed by atoms with E-state index in [0.717, 1.165) is 5.56 Å². The molecule has 0 bridgehead atoms. The maximum Gasteiger partial charge on any atom is 0.349 e. The van der Waals surface area contributed by atoms with Crippen LogP contribution >= 0.6 is 0 Å². The number of hydrogen-bond donors (Lipinski definition) is 0. The summed E-state index contributed by atoms with van der Waals surface area (Å²) in [5.41, 5.74) is 1.04. The van der Waals surface area contributed by atoms with Crippen molar-refractivity contribution in [2.75, 3.05) is 19.8 Å². The van der Waals surface area contributed by atoms with Crippen molar-refractivity contribution >= 4 is 17.9 Å². The Kier molecular flexibility index (Phi) is 7.56. The molecule has 0 saturated carbocycles. The molecule has 2 aromatic rings. The van der Waals surface area contributed by atoms with Gasteiger partial charge in [-0.3, -0.25) is 0 Å². The second-order valence-corrected chi connectivity index (χ2v) is 5.72. The third-order valence-electron chi connectivity index (χ3n) is 3.60. The summed E-state index contributed by atoms with van der Waals surface area (Å²) in [5.74, 6) is -1.37. The zero-order valence-electron chi connectivity index (χ0n) is 16.0. The van der Waals surface area contributed by atoms with Crippen molar-refractivity contribution in [3.05, 3.63) is 59.2 Å². The highest BCUT2D eigenvalue weighted by Crippen LogP contribution is 2.20. The third kappa shape index (κ3) is 5.84. The summed E-state index contributed by atoms with van der Waals surface area (Å²) in [6.07, 6.45) is 0. The highest BCUT2D eigenvalue weighted by atomic mass is 16.6. The summed E-state index contributed by atoms with van der Waals surface area (Å²) in [7, 11) is 0. The lowest BCUT2D eigenvalue weighted by Gasteiger charge is -2.11. The molecule has 0 unspecified atom stereocenters. The van der Waals surface area contributed by atoms with E-state index in [1.807, 2.05) is 19.1 Å². The third-order valence-corrected chi connectivity index (χ3v) is 3.60. The van der Waals surface area contributed by atoms with E-state index in [-0.39, 0.29) is 36.7 Å². The molecule has 148 valence electrons. The van der Waals surface area contributed by atoms with Gasteiger partial charge in [0.2, 0.25) is 0 Å². The minimum Gasteiger partial charge on any atom is -0.482 e. The number of esters is 3. The zero-order chi connectivity index (χ0) is 20.5. The van der Waals surface area contributed by atoms with Crippen molar-refractivity contribution < 1.29 is 33.3 Å². The largest absolute Gasteiger partial charge is 0.482 e. The van der Waals surface area contributed by atoms with Gasteiger partial charge in [-0.15, -0.1) is 0 Å². The van der Waals surface area contributed by atoms with Crippen LogP contribution in [-0.2, 0) is 14.3 Å². The molecule has 0 N–H and O–H groups in total. The van der Waals surface area contributed by atoms with Gasteiger partial charge >= 0.3 is 17.9 Å². The fourth-order valence-electron chi connectivity index (χ4n) is 2.34. The van der Waals surface area contributed by atoms with Crippen LogP contribution in [0.25, 0.3) is 0 Å². The van der Waals surface area contributed by atoms with Crippen LogP contribution in [0.1, 0.15) is 40.1 Å². The second kappa shape index (κ2) is 10.1. The molecule has 0 aliphatic rings. The van der Waals surface area contributed by atoms with Gasteiger partial charge in [0.25, 0.3) is 0 Å². The number of carbonyl (C=O) groups is 3. The van der Waals surface area contributed by atoms with Crippen LogP contribution in [0.3, 0.4) is 0 Å². The Morgan fingerprint density at radius 2 is 1.43 bits per heavy atom. The average Bonchev–Trinajstić information content (AvgIpc) is 2.67. The Labute approximate surface area is 163 Å². The predicted molar refractivity (Wildman–Crippen MR) is 101 cm³/mol. The maximum atomic E-state index is 12.1. The van der Waals surface area contributed by atoms with E-state index in [9.17, 15) is 14.4 Å². The smallest absolute Gasteiger partial charge is 0.349 e. The van der Waals surface area contributed by atoms with E-state index in [1.165, 1.54) is 18.2 Å². The molecule has 0 radical (unpaired) electrons. The van der Waals surface area contributed by atoms with E-state index in [0.29, 0.717) is 5.75 Å². The molecular weight excluding hydrogens is 364 g/mol. The lowest BCUT2D eigenvalue weighted by molar-refractivity contribution is -0.136. The molecular formula is C21H22O7. The molecule has 0 spiro atoms. The monoisotopic (exact) mass is 386 g/mol. The topological polar surface area (TPSA) is 88.1 Å². The van der Waals surface area contributed by atoms with Crippen molar-refractivity contribution in [3.63, 3.8) is 0 Å². The van der Waals surface area contributed by atoms with E-state index < -0.39 is 17.9 Å². The van der Waals surface area contributed by atoms with Crippen molar-refractivity contribution in [2.45, 2.75) is 20.8 Å². The van der Waals surface area contributed by atoms with Gasteiger partial charge in [0.05, 0.1) is 24.3 Å². The molecule has 0 saturated heterocycles. The van der Waals surface area contributed by atoms with Crippen LogP contribution in [0, 0.1) is 6.92 Å². The Morgan fingerprint density at radius 1 is 0.857 bits per heavy atom. The molecule has 0 amide bonds. The maximum absolute atomic E-state index is 12.1. The molecule has 2 rings (SSSR count). The van der Waals surface area contributed by atoms with Gasteiger partial charge < -0.3 is 18.9 Å².